The van der Waals surface area contributed by atoms with E-state index in [4.69, 9.17) is 0 Å². The molecule has 0 radical (unpaired) electrons. The molecular formula is C13H25N3O3. The molecular weight excluding hydrogens is 246 g/mol. The number of carbonyl (C=O) groups is 2. The smallest absolute Gasteiger partial charge is 0.225 e. The fraction of sp³-hybridized carbons (Fsp3) is 0.846. The first-order valence-corrected chi connectivity index (χ1v) is 6.74. The summed E-state index contributed by atoms with van der Waals surface area (Å²) in [5, 5.41) is 18.1. The van der Waals surface area contributed by atoms with E-state index in [9.17, 15) is 14.7 Å². The highest BCUT2D eigenvalue weighted by Crippen LogP contribution is 2.12. The van der Waals surface area contributed by atoms with Crippen LogP contribution in [0.25, 0.3) is 0 Å². The minimum absolute atomic E-state index is 0.0595. The topological polar surface area (TPSA) is 90.5 Å². The molecule has 0 spiro atoms. The van der Waals surface area contributed by atoms with E-state index in [1.165, 1.54) is 0 Å². The van der Waals surface area contributed by atoms with Crippen molar-refractivity contribution < 1.29 is 14.7 Å². The summed E-state index contributed by atoms with van der Waals surface area (Å²) in [5.74, 6) is -0.0860. The standard InChI is InChI=1S/C13H25N3O3/c1-13(2,3)12(19)15-5-4-11(18)16-7-9-6-14-8-10(9)17/h9-10,14,17H,4-8H2,1-3H3,(H,15,19)(H,16,18). The van der Waals surface area contributed by atoms with Gasteiger partial charge in [0.05, 0.1) is 6.10 Å². The molecule has 1 fully saturated rings. The van der Waals surface area contributed by atoms with E-state index in [1.54, 1.807) is 0 Å². The van der Waals surface area contributed by atoms with Gasteiger partial charge in [-0.05, 0) is 0 Å². The number of carbonyl (C=O) groups excluding carboxylic acids is 2. The van der Waals surface area contributed by atoms with Crippen LogP contribution in [-0.4, -0.2) is 49.2 Å². The van der Waals surface area contributed by atoms with Crippen LogP contribution in [0.4, 0.5) is 0 Å². The summed E-state index contributed by atoms with van der Waals surface area (Å²) in [6.45, 7) is 7.61. The van der Waals surface area contributed by atoms with E-state index in [1.807, 2.05) is 20.8 Å². The van der Waals surface area contributed by atoms with Crippen molar-refractivity contribution in [3.8, 4) is 0 Å². The Bertz CT molecular complexity index is 326. The normalized spacial score (nSPS) is 23.2. The fourth-order valence-corrected chi connectivity index (χ4v) is 1.82. The molecule has 2 amide bonds. The average Bonchev–Trinajstić information content (AvgIpc) is 2.71. The molecule has 6 nitrogen and oxygen atoms in total. The van der Waals surface area contributed by atoms with Gasteiger partial charge in [-0.2, -0.15) is 0 Å². The molecule has 0 aromatic heterocycles. The Morgan fingerprint density at radius 2 is 1.95 bits per heavy atom. The molecule has 0 bridgehead atoms. The Labute approximate surface area is 114 Å². The van der Waals surface area contributed by atoms with Crippen LogP contribution in [0, 0.1) is 11.3 Å². The maximum absolute atomic E-state index is 11.6. The Morgan fingerprint density at radius 3 is 2.47 bits per heavy atom. The molecule has 2 unspecified atom stereocenters. The third kappa shape index (κ3) is 5.57. The molecule has 0 aromatic carbocycles. The summed E-state index contributed by atoms with van der Waals surface area (Å²) >= 11 is 0. The molecule has 19 heavy (non-hydrogen) atoms. The van der Waals surface area contributed by atoms with Crippen LogP contribution >= 0.6 is 0 Å². The number of aliphatic hydroxyl groups is 1. The molecule has 2 atom stereocenters. The lowest BCUT2D eigenvalue weighted by Gasteiger charge is -2.18. The van der Waals surface area contributed by atoms with Gasteiger partial charge in [0.1, 0.15) is 0 Å². The van der Waals surface area contributed by atoms with E-state index in [2.05, 4.69) is 16.0 Å². The van der Waals surface area contributed by atoms with Gasteiger partial charge in [0.2, 0.25) is 11.8 Å². The van der Waals surface area contributed by atoms with Gasteiger partial charge in [-0.15, -0.1) is 0 Å². The zero-order valence-electron chi connectivity index (χ0n) is 12.0. The summed E-state index contributed by atoms with van der Waals surface area (Å²) in [6, 6.07) is 0. The van der Waals surface area contributed by atoms with Gasteiger partial charge >= 0.3 is 0 Å². The van der Waals surface area contributed by atoms with Crippen molar-refractivity contribution in [2.75, 3.05) is 26.2 Å². The van der Waals surface area contributed by atoms with Crippen LogP contribution in [0.2, 0.25) is 0 Å². The van der Waals surface area contributed by atoms with Gasteiger partial charge in [0, 0.05) is 43.9 Å². The van der Waals surface area contributed by atoms with Crippen molar-refractivity contribution in [3.05, 3.63) is 0 Å². The van der Waals surface area contributed by atoms with E-state index in [0.717, 1.165) is 6.54 Å². The minimum atomic E-state index is -0.434. The van der Waals surface area contributed by atoms with E-state index in [0.29, 0.717) is 19.6 Å². The third-order valence-electron chi connectivity index (χ3n) is 3.18. The molecule has 1 aliphatic rings. The zero-order chi connectivity index (χ0) is 14.5. The van der Waals surface area contributed by atoms with Crippen LogP contribution < -0.4 is 16.0 Å². The second kappa shape index (κ2) is 6.86. The van der Waals surface area contributed by atoms with Crippen LogP contribution in [0.15, 0.2) is 0 Å². The third-order valence-corrected chi connectivity index (χ3v) is 3.18. The molecule has 0 saturated carbocycles. The largest absolute Gasteiger partial charge is 0.391 e. The Hall–Kier alpha value is -1.14. The van der Waals surface area contributed by atoms with Gasteiger partial charge in [-0.1, -0.05) is 20.8 Å². The number of nitrogens with one attached hydrogen (secondary N) is 3. The lowest BCUT2D eigenvalue weighted by atomic mass is 9.96. The number of hydrogen-bond donors (Lipinski definition) is 4. The van der Waals surface area contributed by atoms with Gasteiger partial charge in [0.25, 0.3) is 0 Å². The maximum Gasteiger partial charge on any atom is 0.225 e. The summed E-state index contributed by atoms with van der Waals surface area (Å²) in [4.78, 5) is 23.1. The average molecular weight is 271 g/mol. The molecule has 1 aliphatic heterocycles. The minimum Gasteiger partial charge on any atom is -0.391 e. The van der Waals surface area contributed by atoms with Crippen molar-refractivity contribution in [1.82, 2.24) is 16.0 Å². The Kier molecular flexibility index (Phi) is 5.75. The van der Waals surface area contributed by atoms with Crippen LogP contribution in [0.3, 0.4) is 0 Å². The molecule has 4 N–H and O–H groups in total. The Balaban J connectivity index is 2.13. The monoisotopic (exact) mass is 271 g/mol. The highest BCUT2D eigenvalue weighted by molar-refractivity contribution is 5.82. The van der Waals surface area contributed by atoms with E-state index >= 15 is 0 Å². The summed E-state index contributed by atoms with van der Waals surface area (Å²) in [6.07, 6.45) is -0.126. The van der Waals surface area contributed by atoms with Crippen molar-refractivity contribution in [1.29, 1.82) is 0 Å². The molecule has 1 saturated heterocycles. The molecule has 6 heteroatoms. The van der Waals surface area contributed by atoms with Crippen molar-refractivity contribution in [3.63, 3.8) is 0 Å². The molecule has 0 aromatic rings. The lowest BCUT2D eigenvalue weighted by Crippen LogP contribution is -2.39. The summed E-state index contributed by atoms with van der Waals surface area (Å²) in [5.41, 5.74) is -0.434. The van der Waals surface area contributed by atoms with Gasteiger partial charge in [-0.25, -0.2) is 0 Å². The first-order chi connectivity index (χ1) is 8.80. The predicted molar refractivity (Wildman–Crippen MR) is 72.5 cm³/mol. The van der Waals surface area contributed by atoms with Gasteiger partial charge < -0.3 is 21.1 Å². The molecule has 1 rings (SSSR count). The molecule has 1 heterocycles. The number of rotatable bonds is 5. The maximum atomic E-state index is 11.6. The van der Waals surface area contributed by atoms with Crippen molar-refractivity contribution in [2.24, 2.45) is 11.3 Å². The zero-order valence-corrected chi connectivity index (χ0v) is 12.0. The number of amides is 2. The first-order valence-electron chi connectivity index (χ1n) is 6.74. The SMILES string of the molecule is CC(C)(C)C(=O)NCCC(=O)NCC1CNCC1O. The van der Waals surface area contributed by atoms with Gasteiger partial charge in [-0.3, -0.25) is 9.59 Å². The highest BCUT2D eigenvalue weighted by atomic mass is 16.3. The number of β-amino-alcohol motifs (C(OH)–C–C–N with tert-alkyl or cyclic N) is 1. The first kappa shape index (κ1) is 15.9. The quantitative estimate of drug-likeness (QED) is 0.529. The van der Waals surface area contributed by atoms with Crippen LogP contribution in [-0.2, 0) is 9.59 Å². The van der Waals surface area contributed by atoms with E-state index < -0.39 is 5.41 Å². The van der Waals surface area contributed by atoms with Crippen molar-refractivity contribution in [2.45, 2.75) is 33.3 Å². The highest BCUT2D eigenvalue weighted by Gasteiger charge is 2.25. The van der Waals surface area contributed by atoms with E-state index in [-0.39, 0.29) is 30.3 Å². The lowest BCUT2D eigenvalue weighted by molar-refractivity contribution is -0.128. The molecule has 0 aliphatic carbocycles. The van der Waals surface area contributed by atoms with Crippen molar-refractivity contribution >= 4 is 11.8 Å². The van der Waals surface area contributed by atoms with Crippen LogP contribution in [0.1, 0.15) is 27.2 Å². The second-order valence-corrected chi connectivity index (χ2v) is 6.05. The Morgan fingerprint density at radius 1 is 1.26 bits per heavy atom. The summed E-state index contributed by atoms with van der Waals surface area (Å²) < 4.78 is 0. The van der Waals surface area contributed by atoms with Gasteiger partial charge in [0.15, 0.2) is 0 Å². The fourth-order valence-electron chi connectivity index (χ4n) is 1.82. The second-order valence-electron chi connectivity index (χ2n) is 6.05. The van der Waals surface area contributed by atoms with Crippen LogP contribution in [0.5, 0.6) is 0 Å². The number of hydrogen-bond acceptors (Lipinski definition) is 4. The predicted octanol–water partition coefficient (Wildman–Crippen LogP) is -0.765. The molecule has 110 valence electrons. The number of aliphatic hydroxyl groups excluding tert-OH is 1. The summed E-state index contributed by atoms with van der Waals surface area (Å²) in [7, 11) is 0.